The molecular formula is C20H25FN4O3. The van der Waals surface area contributed by atoms with E-state index in [0.717, 1.165) is 5.56 Å². The van der Waals surface area contributed by atoms with Crippen molar-refractivity contribution in [2.24, 2.45) is 0 Å². The first-order valence-electron chi connectivity index (χ1n) is 8.74. The molecule has 0 bridgehead atoms. The number of hydrogen-bond donors (Lipinski definition) is 3. The van der Waals surface area contributed by atoms with Gasteiger partial charge >= 0.3 is 6.03 Å². The Kier molecular flexibility index (Phi) is 7.91. The van der Waals surface area contributed by atoms with E-state index in [9.17, 15) is 14.0 Å². The molecule has 2 rings (SSSR count). The number of carbonyl (C=O) groups is 2. The van der Waals surface area contributed by atoms with Crippen molar-refractivity contribution in [3.63, 3.8) is 0 Å². The van der Waals surface area contributed by atoms with Crippen molar-refractivity contribution in [1.82, 2.24) is 10.2 Å². The number of likely N-dealkylation sites (N-methyl/N-ethyl adjacent to an activating group) is 1. The predicted molar refractivity (Wildman–Crippen MR) is 107 cm³/mol. The molecule has 3 amide bonds. The second kappa shape index (κ2) is 10.4. The maximum Gasteiger partial charge on any atom is 0.319 e. The van der Waals surface area contributed by atoms with Gasteiger partial charge in [0.25, 0.3) is 0 Å². The van der Waals surface area contributed by atoms with E-state index >= 15 is 0 Å². The van der Waals surface area contributed by atoms with Gasteiger partial charge in [0.2, 0.25) is 5.91 Å². The average Bonchev–Trinajstić information content (AvgIpc) is 2.65. The van der Waals surface area contributed by atoms with Crippen LogP contribution in [0.3, 0.4) is 0 Å². The van der Waals surface area contributed by atoms with E-state index in [2.05, 4.69) is 16.0 Å². The molecule has 0 aliphatic heterocycles. The van der Waals surface area contributed by atoms with Crippen molar-refractivity contribution in [3.8, 4) is 0 Å². The normalized spacial score (nSPS) is 11.8. The number of anilines is 2. The van der Waals surface area contributed by atoms with E-state index in [1.807, 2.05) is 19.0 Å². The molecule has 2 aromatic carbocycles. The highest BCUT2D eigenvalue weighted by Crippen LogP contribution is 2.18. The van der Waals surface area contributed by atoms with Gasteiger partial charge in [0, 0.05) is 25.0 Å². The van der Waals surface area contributed by atoms with Crippen LogP contribution >= 0.6 is 0 Å². The Morgan fingerprint density at radius 3 is 2.11 bits per heavy atom. The Balaban J connectivity index is 1.88. The summed E-state index contributed by atoms with van der Waals surface area (Å²) in [7, 11) is 5.23. The standard InChI is InChI=1S/C20H25FN4O3/c1-25(2)18(14-4-6-15(21)7-5-14)12-22-20(27)24-17-10-8-16(9-11-17)23-19(26)13-28-3/h4-11,18H,12-13H2,1-3H3,(H,23,26)(H2,22,24,27). The molecule has 0 aliphatic carbocycles. The molecule has 0 heterocycles. The number of halogens is 1. The van der Waals surface area contributed by atoms with Crippen LogP contribution in [-0.2, 0) is 9.53 Å². The van der Waals surface area contributed by atoms with Crippen molar-refractivity contribution in [2.75, 3.05) is 45.0 Å². The maximum atomic E-state index is 13.1. The molecule has 0 fully saturated rings. The summed E-state index contributed by atoms with van der Waals surface area (Å²) < 4.78 is 17.9. The Labute approximate surface area is 163 Å². The maximum absolute atomic E-state index is 13.1. The van der Waals surface area contributed by atoms with Crippen LogP contribution in [0.15, 0.2) is 48.5 Å². The lowest BCUT2D eigenvalue weighted by Crippen LogP contribution is -2.36. The fourth-order valence-electron chi connectivity index (χ4n) is 2.61. The van der Waals surface area contributed by atoms with E-state index < -0.39 is 0 Å². The number of methoxy groups -OCH3 is 1. The fourth-order valence-corrected chi connectivity index (χ4v) is 2.61. The highest BCUT2D eigenvalue weighted by Gasteiger charge is 2.15. The van der Waals surface area contributed by atoms with Crippen molar-refractivity contribution >= 4 is 23.3 Å². The minimum absolute atomic E-state index is 0.0243. The van der Waals surface area contributed by atoms with Gasteiger partial charge in [-0.05, 0) is 56.1 Å². The number of rotatable bonds is 8. The van der Waals surface area contributed by atoms with E-state index in [1.54, 1.807) is 36.4 Å². The van der Waals surface area contributed by atoms with Crippen LogP contribution in [-0.4, -0.2) is 51.2 Å². The summed E-state index contributed by atoms with van der Waals surface area (Å²) in [5, 5.41) is 8.23. The van der Waals surface area contributed by atoms with Gasteiger partial charge in [-0.25, -0.2) is 9.18 Å². The summed E-state index contributed by atoms with van der Waals surface area (Å²) in [5.41, 5.74) is 2.10. The van der Waals surface area contributed by atoms with Crippen LogP contribution in [0.4, 0.5) is 20.6 Å². The summed E-state index contributed by atoms with van der Waals surface area (Å²) in [6.07, 6.45) is 0. The molecule has 28 heavy (non-hydrogen) atoms. The molecule has 0 saturated carbocycles. The number of carbonyl (C=O) groups excluding carboxylic acids is 2. The number of ether oxygens (including phenoxy) is 1. The highest BCUT2D eigenvalue weighted by atomic mass is 19.1. The third-order valence-electron chi connectivity index (χ3n) is 4.04. The van der Waals surface area contributed by atoms with Gasteiger partial charge in [0.1, 0.15) is 12.4 Å². The Bertz CT molecular complexity index is 779. The van der Waals surface area contributed by atoms with Gasteiger partial charge in [-0.2, -0.15) is 0 Å². The molecule has 0 radical (unpaired) electrons. The molecule has 8 heteroatoms. The summed E-state index contributed by atoms with van der Waals surface area (Å²) in [4.78, 5) is 25.6. The second-order valence-electron chi connectivity index (χ2n) is 6.42. The third kappa shape index (κ3) is 6.64. The van der Waals surface area contributed by atoms with Gasteiger partial charge in [-0.1, -0.05) is 12.1 Å². The van der Waals surface area contributed by atoms with Crippen LogP contribution in [0.5, 0.6) is 0 Å². The van der Waals surface area contributed by atoms with Crippen molar-refractivity contribution in [3.05, 3.63) is 59.9 Å². The Morgan fingerprint density at radius 2 is 1.57 bits per heavy atom. The molecule has 0 saturated heterocycles. The van der Waals surface area contributed by atoms with Gasteiger partial charge < -0.3 is 25.6 Å². The topological polar surface area (TPSA) is 82.7 Å². The van der Waals surface area contributed by atoms with Crippen LogP contribution < -0.4 is 16.0 Å². The molecule has 0 spiro atoms. The van der Waals surface area contributed by atoms with Crippen LogP contribution in [0, 0.1) is 5.82 Å². The minimum Gasteiger partial charge on any atom is -0.375 e. The molecule has 1 atom stereocenters. The predicted octanol–water partition coefficient (Wildman–Crippen LogP) is 2.84. The lowest BCUT2D eigenvalue weighted by atomic mass is 10.1. The number of hydrogen-bond acceptors (Lipinski definition) is 4. The highest BCUT2D eigenvalue weighted by molar-refractivity contribution is 5.93. The second-order valence-corrected chi connectivity index (χ2v) is 6.42. The lowest BCUT2D eigenvalue weighted by Gasteiger charge is -2.25. The molecule has 0 aromatic heterocycles. The van der Waals surface area contributed by atoms with E-state index in [4.69, 9.17) is 4.74 Å². The molecule has 2 aromatic rings. The number of benzene rings is 2. The largest absolute Gasteiger partial charge is 0.375 e. The lowest BCUT2D eigenvalue weighted by molar-refractivity contribution is -0.119. The summed E-state index contributed by atoms with van der Waals surface area (Å²) in [6.45, 7) is 0.332. The van der Waals surface area contributed by atoms with Crippen molar-refractivity contribution < 1.29 is 18.7 Å². The summed E-state index contributed by atoms with van der Waals surface area (Å²) in [5.74, 6) is -0.551. The Morgan fingerprint density at radius 1 is 1.00 bits per heavy atom. The molecular weight excluding hydrogens is 363 g/mol. The monoisotopic (exact) mass is 388 g/mol. The van der Waals surface area contributed by atoms with E-state index in [1.165, 1.54) is 19.2 Å². The van der Waals surface area contributed by atoms with Crippen LogP contribution in [0.25, 0.3) is 0 Å². The van der Waals surface area contributed by atoms with Crippen LogP contribution in [0.2, 0.25) is 0 Å². The molecule has 150 valence electrons. The quantitative estimate of drug-likeness (QED) is 0.649. The number of amides is 3. The van der Waals surface area contributed by atoms with Crippen LogP contribution in [0.1, 0.15) is 11.6 Å². The van der Waals surface area contributed by atoms with E-state index in [0.29, 0.717) is 17.9 Å². The third-order valence-corrected chi connectivity index (χ3v) is 4.04. The first kappa shape index (κ1) is 21.3. The zero-order valence-corrected chi connectivity index (χ0v) is 16.2. The molecule has 1 unspecified atom stereocenters. The number of nitrogens with one attached hydrogen (secondary N) is 3. The smallest absolute Gasteiger partial charge is 0.319 e. The average molecular weight is 388 g/mol. The number of nitrogens with zero attached hydrogens (tertiary/aromatic N) is 1. The zero-order chi connectivity index (χ0) is 20.5. The van der Waals surface area contributed by atoms with Gasteiger partial charge in [0.05, 0.1) is 6.04 Å². The molecule has 0 aliphatic rings. The first-order valence-corrected chi connectivity index (χ1v) is 8.74. The fraction of sp³-hybridized carbons (Fsp3) is 0.300. The van der Waals surface area contributed by atoms with Crippen molar-refractivity contribution in [1.29, 1.82) is 0 Å². The summed E-state index contributed by atoms with van der Waals surface area (Å²) >= 11 is 0. The first-order chi connectivity index (χ1) is 13.4. The Hall–Kier alpha value is -2.97. The molecule has 3 N–H and O–H groups in total. The molecule has 7 nitrogen and oxygen atoms in total. The van der Waals surface area contributed by atoms with E-state index in [-0.39, 0.29) is 30.4 Å². The van der Waals surface area contributed by atoms with Gasteiger partial charge in [-0.3, -0.25) is 4.79 Å². The van der Waals surface area contributed by atoms with Gasteiger partial charge in [-0.15, -0.1) is 0 Å². The van der Waals surface area contributed by atoms with Crippen molar-refractivity contribution in [2.45, 2.75) is 6.04 Å². The zero-order valence-electron chi connectivity index (χ0n) is 16.2. The number of urea groups is 1. The van der Waals surface area contributed by atoms with Gasteiger partial charge in [0.15, 0.2) is 0 Å². The SMILES string of the molecule is COCC(=O)Nc1ccc(NC(=O)NCC(c2ccc(F)cc2)N(C)C)cc1. The minimum atomic E-state index is -0.356. The summed E-state index contributed by atoms with van der Waals surface area (Å²) in [6, 6.07) is 12.5.